The SMILES string of the molecule is COCCc1nc2c(N)nc3ccccc3c2n1CCCCOC(=O)NC1CS(=O)(=O)C1. The molecular weight excluding hydrogens is 434 g/mol. The average molecular weight is 462 g/mol. The number of aromatic nitrogens is 3. The molecule has 172 valence electrons. The smallest absolute Gasteiger partial charge is 0.407 e. The maximum Gasteiger partial charge on any atom is 0.407 e. The summed E-state index contributed by atoms with van der Waals surface area (Å²) in [6.07, 6.45) is 1.47. The third kappa shape index (κ3) is 4.78. The van der Waals surface area contributed by atoms with Crippen LogP contribution in [0.4, 0.5) is 10.6 Å². The Morgan fingerprint density at radius 2 is 2.00 bits per heavy atom. The molecule has 0 aliphatic carbocycles. The zero-order valence-electron chi connectivity index (χ0n) is 17.9. The van der Waals surface area contributed by atoms with Gasteiger partial charge in [-0.1, -0.05) is 18.2 Å². The highest BCUT2D eigenvalue weighted by atomic mass is 32.2. The number of nitrogens with zero attached hydrogens (tertiary/aromatic N) is 3. The number of imidazole rings is 1. The second-order valence-electron chi connectivity index (χ2n) is 7.90. The van der Waals surface area contributed by atoms with E-state index in [0.29, 0.717) is 37.3 Å². The van der Waals surface area contributed by atoms with Crippen molar-refractivity contribution in [3.05, 3.63) is 30.1 Å². The van der Waals surface area contributed by atoms with Crippen molar-refractivity contribution in [2.45, 2.75) is 31.8 Å². The van der Waals surface area contributed by atoms with Crippen molar-refractivity contribution in [3.8, 4) is 0 Å². The van der Waals surface area contributed by atoms with E-state index in [1.54, 1.807) is 7.11 Å². The minimum atomic E-state index is -2.98. The highest BCUT2D eigenvalue weighted by Crippen LogP contribution is 2.29. The highest BCUT2D eigenvalue weighted by molar-refractivity contribution is 7.92. The third-order valence-electron chi connectivity index (χ3n) is 5.46. The largest absolute Gasteiger partial charge is 0.450 e. The molecule has 1 aromatic carbocycles. The van der Waals surface area contributed by atoms with Crippen LogP contribution in [0.15, 0.2) is 24.3 Å². The summed E-state index contributed by atoms with van der Waals surface area (Å²) < 4.78 is 34.9. The number of pyridine rings is 1. The quantitative estimate of drug-likeness (QED) is 0.459. The van der Waals surface area contributed by atoms with Crippen LogP contribution in [-0.2, 0) is 32.3 Å². The van der Waals surface area contributed by atoms with E-state index in [4.69, 9.17) is 20.2 Å². The molecular formula is C21H27N5O5S. The summed E-state index contributed by atoms with van der Waals surface area (Å²) in [5.41, 5.74) is 8.64. The first-order valence-electron chi connectivity index (χ1n) is 10.5. The number of aryl methyl sites for hydroxylation is 1. The van der Waals surface area contributed by atoms with Crippen LogP contribution in [0.2, 0.25) is 0 Å². The number of sulfone groups is 1. The first-order chi connectivity index (χ1) is 15.4. The van der Waals surface area contributed by atoms with Crippen molar-refractivity contribution in [2.75, 3.05) is 37.6 Å². The number of nitrogens with one attached hydrogen (secondary N) is 1. The lowest BCUT2D eigenvalue weighted by molar-refractivity contribution is 0.140. The van der Waals surface area contributed by atoms with Crippen molar-refractivity contribution in [2.24, 2.45) is 0 Å². The van der Waals surface area contributed by atoms with Crippen molar-refractivity contribution >= 4 is 43.7 Å². The Balaban J connectivity index is 1.42. The number of anilines is 1. The fourth-order valence-electron chi connectivity index (χ4n) is 3.92. The summed E-state index contributed by atoms with van der Waals surface area (Å²) in [4.78, 5) is 21.0. The zero-order chi connectivity index (χ0) is 22.7. The topological polar surface area (TPSA) is 138 Å². The van der Waals surface area contributed by atoms with Crippen LogP contribution in [-0.4, -0.2) is 66.9 Å². The predicted octanol–water partition coefficient (Wildman–Crippen LogP) is 1.66. The van der Waals surface area contributed by atoms with E-state index in [0.717, 1.165) is 28.7 Å². The van der Waals surface area contributed by atoms with E-state index in [9.17, 15) is 13.2 Å². The number of unbranched alkanes of at least 4 members (excludes halogenated alkanes) is 1. The lowest BCUT2D eigenvalue weighted by Gasteiger charge is -2.26. The number of hydrogen-bond acceptors (Lipinski definition) is 8. The first-order valence-corrected chi connectivity index (χ1v) is 12.4. The van der Waals surface area contributed by atoms with E-state index < -0.39 is 15.9 Å². The van der Waals surface area contributed by atoms with Crippen LogP contribution in [0, 0.1) is 0 Å². The van der Waals surface area contributed by atoms with Gasteiger partial charge in [0, 0.05) is 25.5 Å². The van der Waals surface area contributed by atoms with Gasteiger partial charge in [0.15, 0.2) is 15.7 Å². The van der Waals surface area contributed by atoms with Gasteiger partial charge in [-0.15, -0.1) is 0 Å². The molecule has 32 heavy (non-hydrogen) atoms. The Labute approximate surface area is 186 Å². The van der Waals surface area contributed by atoms with Gasteiger partial charge in [0.2, 0.25) is 0 Å². The number of fused-ring (bicyclic) bond motifs is 3. The maximum absolute atomic E-state index is 11.8. The minimum absolute atomic E-state index is 0.0218. The van der Waals surface area contributed by atoms with Gasteiger partial charge in [0.25, 0.3) is 0 Å². The average Bonchev–Trinajstić information content (AvgIpc) is 3.10. The summed E-state index contributed by atoms with van der Waals surface area (Å²) in [5, 5.41) is 3.55. The highest BCUT2D eigenvalue weighted by Gasteiger charge is 2.34. The molecule has 0 unspecified atom stereocenters. The number of hydrogen-bond donors (Lipinski definition) is 2. The summed E-state index contributed by atoms with van der Waals surface area (Å²) in [7, 11) is -1.33. The van der Waals surface area contributed by atoms with E-state index in [-0.39, 0.29) is 24.2 Å². The summed E-state index contributed by atoms with van der Waals surface area (Å²) >= 11 is 0. The Morgan fingerprint density at radius 1 is 1.22 bits per heavy atom. The number of methoxy groups -OCH3 is 1. The second-order valence-corrected chi connectivity index (χ2v) is 10.0. The summed E-state index contributed by atoms with van der Waals surface area (Å²) in [6.45, 7) is 1.46. The Kier molecular flexibility index (Phi) is 6.47. The van der Waals surface area contributed by atoms with Gasteiger partial charge in [-0.25, -0.2) is 23.2 Å². The van der Waals surface area contributed by atoms with Crippen LogP contribution < -0.4 is 11.1 Å². The molecule has 3 aromatic rings. The van der Waals surface area contributed by atoms with E-state index >= 15 is 0 Å². The Bertz CT molecular complexity index is 1230. The molecule has 0 radical (unpaired) electrons. The number of carbonyl (C=O) groups excluding carboxylic acids is 1. The normalized spacial score (nSPS) is 15.7. The standard InChI is InChI=1S/C21H27N5O5S/c1-30-11-8-17-25-18-19(15-6-2-3-7-16(15)24-20(18)22)26(17)9-4-5-10-31-21(27)23-14-12-32(28,29)13-14/h2-3,6-7,14H,4-5,8-13H2,1H3,(H2,22,24)(H,23,27). The number of ether oxygens (including phenoxy) is 2. The van der Waals surface area contributed by atoms with E-state index in [1.807, 2.05) is 24.3 Å². The van der Waals surface area contributed by atoms with Gasteiger partial charge in [-0.2, -0.15) is 0 Å². The van der Waals surface area contributed by atoms with E-state index in [2.05, 4.69) is 14.9 Å². The van der Waals surface area contributed by atoms with Crippen LogP contribution in [0.1, 0.15) is 18.7 Å². The third-order valence-corrected chi connectivity index (χ3v) is 7.28. The van der Waals surface area contributed by atoms with Crippen LogP contribution in [0.25, 0.3) is 21.9 Å². The van der Waals surface area contributed by atoms with Gasteiger partial charge in [-0.05, 0) is 18.9 Å². The number of rotatable bonds is 9. The van der Waals surface area contributed by atoms with Gasteiger partial charge in [0.1, 0.15) is 11.3 Å². The molecule has 1 saturated heterocycles. The monoisotopic (exact) mass is 461 g/mol. The molecule has 2 aromatic heterocycles. The molecule has 0 atom stereocenters. The molecule has 3 heterocycles. The molecule has 0 saturated carbocycles. The molecule has 0 spiro atoms. The zero-order valence-corrected chi connectivity index (χ0v) is 18.7. The number of amides is 1. The minimum Gasteiger partial charge on any atom is -0.450 e. The van der Waals surface area contributed by atoms with Gasteiger partial charge in [-0.3, -0.25) is 0 Å². The molecule has 3 N–H and O–H groups in total. The molecule has 1 fully saturated rings. The second kappa shape index (κ2) is 9.29. The molecule has 1 aliphatic rings. The van der Waals surface area contributed by atoms with Crippen molar-refractivity contribution in [1.82, 2.24) is 19.9 Å². The maximum atomic E-state index is 11.8. The predicted molar refractivity (Wildman–Crippen MR) is 121 cm³/mol. The van der Waals surface area contributed by atoms with E-state index in [1.165, 1.54) is 0 Å². The number of nitrogens with two attached hydrogens (primary N) is 1. The number of nitrogen functional groups attached to an aromatic ring is 1. The summed E-state index contributed by atoms with van der Waals surface area (Å²) in [6, 6.07) is 7.48. The van der Waals surface area contributed by atoms with Crippen LogP contribution in [0.5, 0.6) is 0 Å². The van der Waals surface area contributed by atoms with Crippen molar-refractivity contribution in [1.29, 1.82) is 0 Å². The van der Waals surface area contributed by atoms with Crippen molar-refractivity contribution < 1.29 is 22.7 Å². The van der Waals surface area contributed by atoms with Gasteiger partial charge < -0.3 is 25.1 Å². The lowest BCUT2D eigenvalue weighted by atomic mass is 10.2. The molecule has 0 bridgehead atoms. The number of para-hydroxylation sites is 1. The van der Waals surface area contributed by atoms with Crippen molar-refractivity contribution in [3.63, 3.8) is 0 Å². The fourth-order valence-corrected chi connectivity index (χ4v) is 5.22. The summed E-state index contributed by atoms with van der Waals surface area (Å²) in [5.74, 6) is 1.23. The fraction of sp³-hybridized carbons (Fsp3) is 0.476. The van der Waals surface area contributed by atoms with Gasteiger partial charge in [0.05, 0.1) is 41.8 Å². The number of benzene rings is 1. The molecule has 11 heteroatoms. The van der Waals surface area contributed by atoms with Gasteiger partial charge >= 0.3 is 6.09 Å². The molecule has 1 amide bonds. The number of carbonyl (C=O) groups is 1. The lowest BCUT2D eigenvalue weighted by Crippen LogP contribution is -2.53. The first kappa shape index (κ1) is 22.3. The molecule has 1 aliphatic heterocycles. The molecule has 4 rings (SSSR count). The van der Waals surface area contributed by atoms with Crippen LogP contribution in [0.3, 0.4) is 0 Å². The van der Waals surface area contributed by atoms with Crippen LogP contribution >= 0.6 is 0 Å². The number of alkyl carbamates (subject to hydrolysis) is 1. The Morgan fingerprint density at radius 3 is 2.75 bits per heavy atom. The Hall–Kier alpha value is -2.92. The molecule has 10 nitrogen and oxygen atoms in total.